The van der Waals surface area contributed by atoms with E-state index in [2.05, 4.69) is 24.3 Å². The third-order valence-corrected chi connectivity index (χ3v) is 4.01. The van der Waals surface area contributed by atoms with Crippen LogP contribution in [0.4, 0.5) is 0 Å². The summed E-state index contributed by atoms with van der Waals surface area (Å²) in [6.45, 7) is 0.310. The SMILES string of the molecule is COCOC(CCc1ccccc1)C1CCCC(=O)C1. The molecule has 0 bridgehead atoms. The second-order valence-corrected chi connectivity index (χ2v) is 5.53. The van der Waals surface area contributed by atoms with Gasteiger partial charge in [0.15, 0.2) is 0 Å². The number of carbonyl (C=O) groups excluding carboxylic acids is 1. The van der Waals surface area contributed by atoms with Gasteiger partial charge in [0, 0.05) is 20.0 Å². The number of benzene rings is 1. The lowest BCUT2D eigenvalue weighted by Gasteiger charge is -2.29. The smallest absolute Gasteiger partial charge is 0.146 e. The van der Waals surface area contributed by atoms with Crippen molar-refractivity contribution in [1.82, 2.24) is 0 Å². The average Bonchev–Trinajstić information content (AvgIpc) is 2.48. The fraction of sp³-hybridized carbons (Fsp3) is 0.588. The molecule has 0 radical (unpaired) electrons. The molecule has 0 saturated heterocycles. The molecule has 110 valence electrons. The predicted octanol–water partition coefficient (Wildman–Crippen LogP) is 3.37. The predicted molar refractivity (Wildman–Crippen MR) is 78.5 cm³/mol. The van der Waals surface area contributed by atoms with Crippen molar-refractivity contribution < 1.29 is 14.3 Å². The first-order chi connectivity index (χ1) is 9.79. The number of rotatable bonds is 7. The van der Waals surface area contributed by atoms with Gasteiger partial charge < -0.3 is 9.47 Å². The van der Waals surface area contributed by atoms with Crippen LogP contribution in [0.25, 0.3) is 0 Å². The van der Waals surface area contributed by atoms with Crippen LogP contribution in [0.5, 0.6) is 0 Å². The van der Waals surface area contributed by atoms with E-state index < -0.39 is 0 Å². The number of hydrogen-bond donors (Lipinski definition) is 0. The van der Waals surface area contributed by atoms with Crippen molar-refractivity contribution in [3.05, 3.63) is 35.9 Å². The molecule has 20 heavy (non-hydrogen) atoms. The van der Waals surface area contributed by atoms with Crippen molar-refractivity contribution in [2.24, 2.45) is 5.92 Å². The van der Waals surface area contributed by atoms with Crippen LogP contribution in [0, 0.1) is 5.92 Å². The van der Waals surface area contributed by atoms with Crippen molar-refractivity contribution in [3.63, 3.8) is 0 Å². The molecule has 2 rings (SSSR count). The second-order valence-electron chi connectivity index (χ2n) is 5.53. The van der Waals surface area contributed by atoms with Crippen LogP contribution in [0.15, 0.2) is 30.3 Å². The van der Waals surface area contributed by atoms with Gasteiger partial charge in [-0.05, 0) is 37.2 Å². The van der Waals surface area contributed by atoms with Crippen molar-refractivity contribution >= 4 is 5.78 Å². The molecule has 2 atom stereocenters. The van der Waals surface area contributed by atoms with Crippen LogP contribution < -0.4 is 0 Å². The number of Topliss-reactive ketones (excluding diaryl/α,β-unsaturated/α-hetero) is 1. The van der Waals surface area contributed by atoms with Crippen molar-refractivity contribution in [2.75, 3.05) is 13.9 Å². The number of carbonyl (C=O) groups is 1. The van der Waals surface area contributed by atoms with Crippen molar-refractivity contribution in [2.45, 2.75) is 44.6 Å². The van der Waals surface area contributed by atoms with Gasteiger partial charge in [-0.2, -0.15) is 0 Å². The Balaban J connectivity index is 1.90. The molecular weight excluding hydrogens is 252 g/mol. The maximum atomic E-state index is 11.6. The summed E-state index contributed by atoms with van der Waals surface area (Å²) in [5, 5.41) is 0. The van der Waals surface area contributed by atoms with Gasteiger partial charge in [-0.15, -0.1) is 0 Å². The Morgan fingerprint density at radius 2 is 2.10 bits per heavy atom. The van der Waals surface area contributed by atoms with Crippen LogP contribution in [0.1, 0.15) is 37.7 Å². The fourth-order valence-corrected chi connectivity index (χ4v) is 2.94. The number of methoxy groups -OCH3 is 1. The summed E-state index contributed by atoms with van der Waals surface area (Å²) in [4.78, 5) is 11.6. The normalized spacial score (nSPS) is 20.9. The average molecular weight is 276 g/mol. The summed E-state index contributed by atoms with van der Waals surface area (Å²) in [7, 11) is 1.64. The third-order valence-electron chi connectivity index (χ3n) is 4.01. The van der Waals surface area contributed by atoms with E-state index in [9.17, 15) is 4.79 Å². The molecule has 1 aliphatic rings. The Bertz CT molecular complexity index is 402. The first kappa shape index (κ1) is 15.2. The lowest BCUT2D eigenvalue weighted by atomic mass is 9.82. The van der Waals surface area contributed by atoms with E-state index in [4.69, 9.17) is 9.47 Å². The summed E-state index contributed by atoms with van der Waals surface area (Å²) >= 11 is 0. The summed E-state index contributed by atoms with van der Waals surface area (Å²) in [5.74, 6) is 0.738. The summed E-state index contributed by atoms with van der Waals surface area (Å²) in [6.07, 6.45) is 5.57. The van der Waals surface area contributed by atoms with Crippen LogP contribution in [0.3, 0.4) is 0 Å². The zero-order valence-electron chi connectivity index (χ0n) is 12.2. The molecule has 1 aromatic rings. The number of hydrogen-bond acceptors (Lipinski definition) is 3. The Labute approximate surface area is 121 Å². The van der Waals surface area contributed by atoms with E-state index in [-0.39, 0.29) is 6.10 Å². The zero-order chi connectivity index (χ0) is 14.2. The molecular formula is C17H24O3. The first-order valence-electron chi connectivity index (χ1n) is 7.45. The van der Waals surface area contributed by atoms with E-state index in [1.165, 1.54) is 5.56 Å². The zero-order valence-corrected chi connectivity index (χ0v) is 12.2. The minimum absolute atomic E-state index is 0.124. The molecule has 3 heteroatoms. The second kappa shape index (κ2) is 8.18. The minimum atomic E-state index is 0.124. The molecule has 0 amide bonds. The molecule has 1 aromatic carbocycles. The maximum Gasteiger partial charge on any atom is 0.146 e. The first-order valence-corrected chi connectivity index (χ1v) is 7.45. The Hall–Kier alpha value is -1.19. The highest BCUT2D eigenvalue weighted by Gasteiger charge is 2.27. The molecule has 0 N–H and O–H groups in total. The fourth-order valence-electron chi connectivity index (χ4n) is 2.94. The highest BCUT2D eigenvalue weighted by molar-refractivity contribution is 5.79. The van der Waals surface area contributed by atoms with Gasteiger partial charge in [0.1, 0.15) is 12.6 Å². The lowest BCUT2D eigenvalue weighted by molar-refractivity contribution is -0.128. The Morgan fingerprint density at radius 1 is 1.30 bits per heavy atom. The van der Waals surface area contributed by atoms with E-state index >= 15 is 0 Å². The Morgan fingerprint density at radius 3 is 2.80 bits per heavy atom. The van der Waals surface area contributed by atoms with Crippen LogP contribution in [-0.2, 0) is 20.7 Å². The molecule has 1 aliphatic carbocycles. The van der Waals surface area contributed by atoms with E-state index in [0.717, 1.165) is 32.1 Å². The number of aryl methyl sites for hydroxylation is 1. The van der Waals surface area contributed by atoms with Gasteiger partial charge in [-0.3, -0.25) is 4.79 Å². The Kier molecular flexibility index (Phi) is 6.22. The van der Waals surface area contributed by atoms with Crippen LogP contribution in [0.2, 0.25) is 0 Å². The van der Waals surface area contributed by atoms with Crippen LogP contribution in [-0.4, -0.2) is 25.8 Å². The highest BCUT2D eigenvalue weighted by atomic mass is 16.7. The molecule has 2 unspecified atom stereocenters. The van der Waals surface area contributed by atoms with Gasteiger partial charge in [0.05, 0.1) is 6.10 Å². The standard InChI is InChI=1S/C17H24O3/c1-19-13-20-17(15-8-5-9-16(18)12-15)11-10-14-6-3-2-4-7-14/h2-4,6-7,15,17H,5,8-13H2,1H3. The van der Waals surface area contributed by atoms with Gasteiger partial charge >= 0.3 is 0 Å². The van der Waals surface area contributed by atoms with Gasteiger partial charge in [0.2, 0.25) is 0 Å². The third kappa shape index (κ3) is 4.73. The van der Waals surface area contributed by atoms with Crippen molar-refractivity contribution in [3.8, 4) is 0 Å². The molecule has 3 nitrogen and oxygen atoms in total. The monoisotopic (exact) mass is 276 g/mol. The topological polar surface area (TPSA) is 35.5 Å². The number of ketones is 1. The van der Waals surface area contributed by atoms with E-state index in [1.54, 1.807) is 7.11 Å². The van der Waals surface area contributed by atoms with Gasteiger partial charge in [0.25, 0.3) is 0 Å². The van der Waals surface area contributed by atoms with E-state index in [0.29, 0.717) is 24.9 Å². The van der Waals surface area contributed by atoms with E-state index in [1.807, 2.05) is 6.07 Å². The summed E-state index contributed by atoms with van der Waals surface area (Å²) < 4.78 is 10.9. The number of ether oxygens (including phenoxy) is 2. The molecule has 0 heterocycles. The molecule has 0 aliphatic heterocycles. The summed E-state index contributed by atoms with van der Waals surface area (Å²) in [6, 6.07) is 10.4. The molecule has 1 saturated carbocycles. The van der Waals surface area contributed by atoms with Gasteiger partial charge in [-0.25, -0.2) is 0 Å². The van der Waals surface area contributed by atoms with Gasteiger partial charge in [-0.1, -0.05) is 30.3 Å². The lowest BCUT2D eigenvalue weighted by Crippen LogP contribution is -2.30. The quantitative estimate of drug-likeness (QED) is 0.716. The van der Waals surface area contributed by atoms with Crippen molar-refractivity contribution in [1.29, 1.82) is 0 Å². The van der Waals surface area contributed by atoms with Crippen LogP contribution >= 0.6 is 0 Å². The molecule has 1 fully saturated rings. The largest absolute Gasteiger partial charge is 0.359 e. The minimum Gasteiger partial charge on any atom is -0.359 e. The maximum absolute atomic E-state index is 11.6. The molecule has 0 aromatic heterocycles. The summed E-state index contributed by atoms with van der Waals surface area (Å²) in [5.41, 5.74) is 1.32. The molecule has 0 spiro atoms. The highest BCUT2D eigenvalue weighted by Crippen LogP contribution is 2.28.